The van der Waals surface area contributed by atoms with Gasteiger partial charge in [-0.25, -0.2) is 0 Å². The summed E-state index contributed by atoms with van der Waals surface area (Å²) in [4.78, 5) is 14.8. The average Bonchev–Trinajstić information content (AvgIpc) is 3.28. The summed E-state index contributed by atoms with van der Waals surface area (Å²) in [5.74, 6) is 0. The van der Waals surface area contributed by atoms with Crippen molar-refractivity contribution in [1.82, 2.24) is 9.97 Å². The first kappa shape index (κ1) is 31.9. The van der Waals surface area contributed by atoms with E-state index in [0.29, 0.717) is 0 Å². The Bertz CT molecular complexity index is 2940. The van der Waals surface area contributed by atoms with Crippen LogP contribution in [-0.4, -0.2) is 9.97 Å². The van der Waals surface area contributed by atoms with E-state index in [0.717, 1.165) is 66.7 Å². The van der Waals surface area contributed by atoms with Gasteiger partial charge in [-0.15, -0.1) is 0 Å². The van der Waals surface area contributed by atoms with Gasteiger partial charge in [0, 0.05) is 68.1 Å². The van der Waals surface area contributed by atoms with Crippen molar-refractivity contribution in [2.45, 2.75) is 0 Å². The van der Waals surface area contributed by atoms with Crippen molar-refractivity contribution in [1.29, 1.82) is 0 Å². The summed E-state index contributed by atoms with van der Waals surface area (Å²) >= 11 is 0. The minimum atomic E-state index is 0.991. The van der Waals surface area contributed by atoms with Gasteiger partial charge in [0.25, 0.3) is 0 Å². The normalized spacial score (nSPS) is 11.6. The fraction of sp³-hybridized carbons (Fsp3) is 0. The van der Waals surface area contributed by atoms with Gasteiger partial charge in [0.2, 0.25) is 0 Å². The average molecular weight is 715 g/mol. The Labute approximate surface area is 324 Å². The maximum atomic E-state index is 5.07. The number of hydrogen-bond donors (Lipinski definition) is 0. The summed E-state index contributed by atoms with van der Waals surface area (Å²) in [6, 6.07) is 69.2. The van der Waals surface area contributed by atoms with E-state index in [1.807, 2.05) is 24.5 Å². The van der Waals surface area contributed by atoms with Crippen LogP contribution in [0, 0.1) is 0 Å². The van der Waals surface area contributed by atoms with E-state index in [9.17, 15) is 0 Å². The second-order valence-electron chi connectivity index (χ2n) is 14.2. The molecule has 4 nitrogen and oxygen atoms in total. The number of hydrogen-bond acceptors (Lipinski definition) is 4. The van der Waals surface area contributed by atoms with E-state index in [-0.39, 0.29) is 0 Å². The topological polar surface area (TPSA) is 32.3 Å². The van der Waals surface area contributed by atoms with Crippen LogP contribution < -0.4 is 9.80 Å². The molecule has 0 atom stereocenters. The van der Waals surface area contributed by atoms with Crippen LogP contribution in [0.3, 0.4) is 0 Å². The fourth-order valence-electron chi connectivity index (χ4n) is 8.57. The van der Waals surface area contributed by atoms with Crippen molar-refractivity contribution in [2.75, 3.05) is 9.80 Å². The van der Waals surface area contributed by atoms with Crippen LogP contribution in [0.25, 0.3) is 64.9 Å². The van der Waals surface area contributed by atoms with Crippen molar-refractivity contribution < 1.29 is 0 Å². The Morgan fingerprint density at radius 2 is 0.571 bits per heavy atom. The molecule has 11 rings (SSSR count). The Hall–Kier alpha value is -7.56. The first-order valence-electron chi connectivity index (χ1n) is 19.0. The van der Waals surface area contributed by atoms with Gasteiger partial charge in [-0.05, 0) is 129 Å². The van der Waals surface area contributed by atoms with Crippen molar-refractivity contribution in [3.8, 4) is 0 Å². The van der Waals surface area contributed by atoms with E-state index in [2.05, 4.69) is 192 Å². The number of anilines is 6. The number of nitrogens with zero attached hydrogens (tertiary/aromatic N) is 4. The lowest BCUT2D eigenvalue weighted by atomic mass is 9.90. The maximum absolute atomic E-state index is 5.07. The minimum Gasteiger partial charge on any atom is -0.310 e. The van der Waals surface area contributed by atoms with Gasteiger partial charge < -0.3 is 9.80 Å². The SMILES string of the molecule is c1ccc(N(c2ccccc2)c2ccc3c(c2)c2cccnc2c2cc4c5ccc(N(c6ccccc6)c6ccccc6)cc5c5cccnc5c4cc32)cc1. The predicted molar refractivity (Wildman–Crippen MR) is 236 cm³/mol. The second-order valence-corrected chi connectivity index (χ2v) is 14.2. The highest BCUT2D eigenvalue weighted by Crippen LogP contribution is 2.45. The van der Waals surface area contributed by atoms with E-state index < -0.39 is 0 Å². The standard InChI is InChI=1S/C52H34N4/c1-5-15-35(16-6-1)55(36-17-7-2-8-18-36)39-25-27-41-45(31-39)43-23-13-29-53-51(43)49-34-48-42-28-26-40(56(37-19-9-3-10-20-37)38-21-11-4-12-22-38)32-46(42)44-24-14-30-54-52(44)50(48)33-47(41)49/h1-34H. The third-order valence-electron chi connectivity index (χ3n) is 11.0. The fourth-order valence-corrected chi connectivity index (χ4v) is 8.57. The van der Waals surface area contributed by atoms with E-state index in [4.69, 9.17) is 9.97 Å². The summed E-state index contributed by atoms with van der Waals surface area (Å²) in [5.41, 5.74) is 8.59. The number of para-hydroxylation sites is 4. The molecule has 0 spiro atoms. The summed E-state index contributed by atoms with van der Waals surface area (Å²) < 4.78 is 0. The lowest BCUT2D eigenvalue weighted by Crippen LogP contribution is -2.09. The number of rotatable bonds is 6. The molecule has 4 heteroatoms. The minimum absolute atomic E-state index is 0.991. The van der Waals surface area contributed by atoms with Crippen LogP contribution in [0.5, 0.6) is 0 Å². The van der Waals surface area contributed by atoms with E-state index >= 15 is 0 Å². The molecule has 0 saturated heterocycles. The molecular weight excluding hydrogens is 681 g/mol. The van der Waals surface area contributed by atoms with E-state index in [1.54, 1.807) is 0 Å². The molecule has 0 bridgehead atoms. The van der Waals surface area contributed by atoms with Crippen molar-refractivity contribution in [2.24, 2.45) is 0 Å². The molecule has 0 unspecified atom stereocenters. The first-order valence-corrected chi connectivity index (χ1v) is 19.0. The lowest BCUT2D eigenvalue weighted by molar-refractivity contribution is 1.29. The molecular formula is C52H34N4. The number of fused-ring (bicyclic) bond motifs is 12. The zero-order valence-corrected chi connectivity index (χ0v) is 30.4. The molecule has 56 heavy (non-hydrogen) atoms. The third-order valence-corrected chi connectivity index (χ3v) is 11.0. The van der Waals surface area contributed by atoms with Gasteiger partial charge in [0.1, 0.15) is 0 Å². The molecule has 262 valence electrons. The molecule has 0 radical (unpaired) electrons. The Morgan fingerprint density at radius 1 is 0.232 bits per heavy atom. The summed E-state index contributed by atoms with van der Waals surface area (Å²) in [7, 11) is 0. The van der Waals surface area contributed by atoms with Crippen LogP contribution in [0.15, 0.2) is 207 Å². The van der Waals surface area contributed by atoms with Crippen molar-refractivity contribution in [3.63, 3.8) is 0 Å². The molecule has 2 aromatic heterocycles. The van der Waals surface area contributed by atoms with Gasteiger partial charge in [-0.2, -0.15) is 0 Å². The van der Waals surface area contributed by atoms with Crippen LogP contribution >= 0.6 is 0 Å². The Morgan fingerprint density at radius 3 is 0.929 bits per heavy atom. The summed E-state index contributed by atoms with van der Waals surface area (Å²) in [6.45, 7) is 0. The van der Waals surface area contributed by atoms with Crippen LogP contribution in [0.2, 0.25) is 0 Å². The molecule has 0 aliphatic heterocycles. The summed E-state index contributed by atoms with van der Waals surface area (Å²) in [5, 5.41) is 11.6. The Balaban J connectivity index is 1.18. The first-order chi connectivity index (χ1) is 27.8. The number of benzene rings is 9. The molecule has 0 saturated carbocycles. The van der Waals surface area contributed by atoms with Gasteiger partial charge in [0.05, 0.1) is 11.0 Å². The van der Waals surface area contributed by atoms with Gasteiger partial charge in [-0.3, -0.25) is 9.97 Å². The zero-order chi connectivity index (χ0) is 37.0. The highest BCUT2D eigenvalue weighted by Gasteiger charge is 2.19. The summed E-state index contributed by atoms with van der Waals surface area (Å²) in [6.07, 6.45) is 3.83. The van der Waals surface area contributed by atoms with Gasteiger partial charge in [-0.1, -0.05) is 97.1 Å². The van der Waals surface area contributed by atoms with Crippen LogP contribution in [0.1, 0.15) is 0 Å². The smallest absolute Gasteiger partial charge is 0.0786 e. The highest BCUT2D eigenvalue weighted by molar-refractivity contribution is 6.32. The van der Waals surface area contributed by atoms with Gasteiger partial charge in [0.15, 0.2) is 0 Å². The largest absolute Gasteiger partial charge is 0.310 e. The van der Waals surface area contributed by atoms with Gasteiger partial charge >= 0.3 is 0 Å². The quantitative estimate of drug-likeness (QED) is 0.127. The van der Waals surface area contributed by atoms with Crippen LogP contribution in [-0.2, 0) is 0 Å². The molecule has 0 fully saturated rings. The lowest BCUT2D eigenvalue weighted by Gasteiger charge is -2.26. The molecule has 11 aromatic rings. The number of aromatic nitrogens is 2. The molecule has 0 aliphatic rings. The number of pyridine rings is 2. The maximum Gasteiger partial charge on any atom is 0.0786 e. The molecule has 2 heterocycles. The molecule has 9 aromatic carbocycles. The van der Waals surface area contributed by atoms with E-state index in [1.165, 1.54) is 32.3 Å². The van der Waals surface area contributed by atoms with Crippen molar-refractivity contribution in [3.05, 3.63) is 207 Å². The zero-order valence-electron chi connectivity index (χ0n) is 30.4. The van der Waals surface area contributed by atoms with Crippen molar-refractivity contribution >= 4 is 99.0 Å². The molecule has 0 amide bonds. The van der Waals surface area contributed by atoms with Crippen LogP contribution in [0.4, 0.5) is 34.1 Å². The third kappa shape index (κ3) is 5.15. The monoisotopic (exact) mass is 714 g/mol. The highest BCUT2D eigenvalue weighted by atomic mass is 15.1. The Kier molecular flexibility index (Phi) is 7.46. The second kappa shape index (κ2) is 13.1. The molecule has 0 aliphatic carbocycles. The molecule has 0 N–H and O–H groups in total. The predicted octanol–water partition coefficient (Wildman–Crippen LogP) is 14.3.